The molecule has 0 radical (unpaired) electrons. The molecule has 7 nitrogen and oxygen atoms in total. The largest absolute Gasteiger partial charge is 0.366 e. The molecule has 1 heterocycles. The van der Waals surface area contributed by atoms with Gasteiger partial charge in [0.25, 0.3) is 11.8 Å². The Morgan fingerprint density at radius 2 is 1.69 bits per heavy atom. The van der Waals surface area contributed by atoms with Crippen molar-refractivity contribution < 1.29 is 18.0 Å². The van der Waals surface area contributed by atoms with E-state index in [1.165, 1.54) is 24.3 Å². The second-order valence-electron chi connectivity index (χ2n) is 7.76. The van der Waals surface area contributed by atoms with E-state index in [0.717, 1.165) is 17.5 Å². The number of benzene rings is 3. The maximum absolute atomic E-state index is 13.4. The average molecular weight is 506 g/mol. The van der Waals surface area contributed by atoms with Gasteiger partial charge in [0.05, 0.1) is 21.2 Å². The molecule has 0 aliphatic carbocycles. The van der Waals surface area contributed by atoms with Crippen molar-refractivity contribution in [3.05, 3.63) is 101 Å². The van der Waals surface area contributed by atoms with E-state index in [9.17, 15) is 18.0 Å². The van der Waals surface area contributed by atoms with Crippen molar-refractivity contribution in [2.75, 3.05) is 11.6 Å². The number of carbonyl (C=O) groups excluding carboxylic acids is 2. The topological polar surface area (TPSA) is 119 Å². The summed E-state index contributed by atoms with van der Waals surface area (Å²) in [4.78, 5) is 29.8. The Bertz CT molecular complexity index is 1550. The fourth-order valence-electron chi connectivity index (χ4n) is 3.66. The summed E-state index contributed by atoms with van der Waals surface area (Å²) < 4.78 is 24.4. The number of anilines is 1. The quantitative estimate of drug-likeness (QED) is 0.389. The molecule has 0 unspecified atom stereocenters. The first-order chi connectivity index (χ1) is 16.6. The zero-order valence-corrected chi connectivity index (χ0v) is 20.1. The minimum absolute atomic E-state index is 0.00832. The molecule has 0 spiro atoms. The number of hydrogen-bond donors (Lipinski definition) is 2. The lowest BCUT2D eigenvalue weighted by molar-refractivity contribution is 0.0997. The zero-order chi connectivity index (χ0) is 25.2. The van der Waals surface area contributed by atoms with Gasteiger partial charge in [0.2, 0.25) is 0 Å². The fourth-order valence-corrected chi connectivity index (χ4v) is 4.58. The Balaban J connectivity index is 1.81. The summed E-state index contributed by atoms with van der Waals surface area (Å²) >= 11 is 6.22. The van der Waals surface area contributed by atoms with Gasteiger partial charge in [-0.05, 0) is 59.7 Å². The molecule has 9 heteroatoms. The molecule has 0 fully saturated rings. The van der Waals surface area contributed by atoms with Crippen LogP contribution in [0.25, 0.3) is 22.4 Å². The minimum Gasteiger partial charge on any atom is -0.366 e. The van der Waals surface area contributed by atoms with Gasteiger partial charge in [-0.3, -0.25) is 14.6 Å². The third-order valence-corrected chi connectivity index (χ3v) is 6.72. The summed E-state index contributed by atoms with van der Waals surface area (Å²) in [7, 11) is -3.60. The van der Waals surface area contributed by atoms with Crippen molar-refractivity contribution >= 4 is 38.9 Å². The highest BCUT2D eigenvalue weighted by molar-refractivity contribution is 7.90. The number of primary amides is 1. The van der Waals surface area contributed by atoms with E-state index in [2.05, 4.69) is 10.3 Å². The lowest BCUT2D eigenvalue weighted by atomic mass is 9.94. The van der Waals surface area contributed by atoms with Crippen LogP contribution in [-0.2, 0) is 9.84 Å². The van der Waals surface area contributed by atoms with Gasteiger partial charge in [-0.25, -0.2) is 8.42 Å². The molecule has 4 aromatic rings. The van der Waals surface area contributed by atoms with E-state index in [1.54, 1.807) is 36.5 Å². The molecule has 4 rings (SSSR count). The first kappa shape index (κ1) is 24.1. The number of hydrogen-bond acceptors (Lipinski definition) is 5. The molecule has 0 aliphatic heterocycles. The summed E-state index contributed by atoms with van der Waals surface area (Å²) in [6.45, 7) is 0. The van der Waals surface area contributed by atoms with Crippen LogP contribution >= 0.6 is 11.6 Å². The van der Waals surface area contributed by atoms with Crippen molar-refractivity contribution in [3.63, 3.8) is 0 Å². The second kappa shape index (κ2) is 9.69. The Labute approximate surface area is 207 Å². The van der Waals surface area contributed by atoms with Crippen LogP contribution in [-0.4, -0.2) is 31.5 Å². The monoisotopic (exact) mass is 505 g/mol. The van der Waals surface area contributed by atoms with Gasteiger partial charge in [-0.1, -0.05) is 41.9 Å². The second-order valence-corrected chi connectivity index (χ2v) is 10.2. The number of nitrogens with two attached hydrogens (primary N) is 1. The molecular weight excluding hydrogens is 486 g/mol. The molecule has 0 saturated carbocycles. The van der Waals surface area contributed by atoms with Crippen LogP contribution in [0.3, 0.4) is 0 Å². The predicted octanol–water partition coefficient (Wildman–Crippen LogP) is 4.82. The summed E-state index contributed by atoms with van der Waals surface area (Å²) in [5, 5.41) is 2.93. The number of pyridine rings is 1. The minimum atomic E-state index is -3.60. The predicted molar refractivity (Wildman–Crippen MR) is 136 cm³/mol. The van der Waals surface area contributed by atoms with Gasteiger partial charge in [0.15, 0.2) is 9.84 Å². The zero-order valence-electron chi connectivity index (χ0n) is 18.5. The molecule has 2 amide bonds. The molecular formula is C26H20ClN3O4S. The summed E-state index contributed by atoms with van der Waals surface area (Å²) in [5.74, 6) is -1.31. The van der Waals surface area contributed by atoms with Crippen LogP contribution in [0.15, 0.2) is 90.0 Å². The van der Waals surface area contributed by atoms with Gasteiger partial charge in [0, 0.05) is 29.3 Å². The molecule has 3 N–H and O–H groups in total. The van der Waals surface area contributed by atoms with E-state index in [1.807, 2.05) is 24.3 Å². The smallest absolute Gasteiger partial charge is 0.256 e. The van der Waals surface area contributed by atoms with Gasteiger partial charge in [0.1, 0.15) is 0 Å². The lowest BCUT2D eigenvalue weighted by Gasteiger charge is -2.15. The number of rotatable bonds is 6. The number of nitrogens with zero attached hydrogens (tertiary/aromatic N) is 1. The summed E-state index contributed by atoms with van der Waals surface area (Å²) in [6.07, 6.45) is 2.74. The van der Waals surface area contributed by atoms with Crippen LogP contribution in [0.2, 0.25) is 5.02 Å². The molecule has 3 aromatic carbocycles. The Hall–Kier alpha value is -4.01. The third-order valence-electron chi connectivity index (χ3n) is 5.30. The van der Waals surface area contributed by atoms with E-state index in [-0.39, 0.29) is 32.2 Å². The van der Waals surface area contributed by atoms with Gasteiger partial charge in [-0.2, -0.15) is 0 Å². The standard InChI is InChI=1S/C26H20ClN3O4S/c1-35(33,34)18-11-12-20(21(15-18)19-8-5-9-22(27)24(19)25(28)31)26(32)30-17-7-4-6-16(14-17)23-10-2-3-13-29-23/h2-15H,1H3,(H2,28,31)(H,30,32). The number of aromatic nitrogens is 1. The van der Waals surface area contributed by atoms with Crippen LogP contribution in [0, 0.1) is 0 Å². The number of carbonyl (C=O) groups is 2. The number of nitrogens with one attached hydrogen (secondary N) is 1. The molecule has 0 saturated heterocycles. The summed E-state index contributed by atoms with van der Waals surface area (Å²) in [6, 6.07) is 21.4. The summed E-state index contributed by atoms with van der Waals surface area (Å²) in [5.41, 5.74) is 8.21. The van der Waals surface area contributed by atoms with Crippen LogP contribution in [0.4, 0.5) is 5.69 Å². The SMILES string of the molecule is CS(=O)(=O)c1ccc(C(=O)Nc2cccc(-c3ccccn3)c2)c(-c2cccc(Cl)c2C(N)=O)c1. The van der Waals surface area contributed by atoms with Gasteiger partial charge in [-0.15, -0.1) is 0 Å². The molecule has 1 aromatic heterocycles. The highest BCUT2D eigenvalue weighted by Crippen LogP contribution is 2.33. The molecule has 0 atom stereocenters. The normalized spacial score (nSPS) is 11.1. The molecule has 176 valence electrons. The van der Waals surface area contributed by atoms with E-state index >= 15 is 0 Å². The van der Waals surface area contributed by atoms with Crippen molar-refractivity contribution in [3.8, 4) is 22.4 Å². The van der Waals surface area contributed by atoms with Crippen LogP contribution in [0.1, 0.15) is 20.7 Å². The first-order valence-electron chi connectivity index (χ1n) is 10.4. The van der Waals surface area contributed by atoms with Crippen molar-refractivity contribution in [2.45, 2.75) is 4.90 Å². The van der Waals surface area contributed by atoms with Crippen molar-refractivity contribution in [1.29, 1.82) is 0 Å². The Morgan fingerprint density at radius 3 is 2.37 bits per heavy atom. The Kier molecular flexibility index (Phi) is 6.68. The third kappa shape index (κ3) is 5.24. The highest BCUT2D eigenvalue weighted by atomic mass is 35.5. The number of halogens is 1. The van der Waals surface area contributed by atoms with Gasteiger partial charge < -0.3 is 11.1 Å². The van der Waals surface area contributed by atoms with E-state index < -0.39 is 21.7 Å². The Morgan fingerprint density at radius 1 is 0.914 bits per heavy atom. The molecule has 0 aliphatic rings. The van der Waals surface area contributed by atoms with Crippen LogP contribution < -0.4 is 11.1 Å². The fraction of sp³-hybridized carbons (Fsp3) is 0.0385. The van der Waals surface area contributed by atoms with Crippen molar-refractivity contribution in [1.82, 2.24) is 4.98 Å². The van der Waals surface area contributed by atoms with E-state index in [0.29, 0.717) is 5.69 Å². The average Bonchev–Trinajstić information content (AvgIpc) is 2.83. The maximum atomic E-state index is 13.4. The van der Waals surface area contributed by atoms with E-state index in [4.69, 9.17) is 17.3 Å². The number of sulfone groups is 1. The maximum Gasteiger partial charge on any atom is 0.256 e. The highest BCUT2D eigenvalue weighted by Gasteiger charge is 2.22. The number of amides is 2. The van der Waals surface area contributed by atoms with Crippen LogP contribution in [0.5, 0.6) is 0 Å². The lowest BCUT2D eigenvalue weighted by Crippen LogP contribution is -2.16. The molecule has 35 heavy (non-hydrogen) atoms. The van der Waals surface area contributed by atoms with Gasteiger partial charge >= 0.3 is 0 Å². The van der Waals surface area contributed by atoms with Crippen molar-refractivity contribution in [2.24, 2.45) is 5.73 Å². The molecule has 0 bridgehead atoms. The first-order valence-corrected chi connectivity index (χ1v) is 12.7.